The molecule has 0 saturated heterocycles. The van der Waals surface area contributed by atoms with Crippen LogP contribution in [0.25, 0.3) is 0 Å². The number of halogens is 1. The van der Waals surface area contributed by atoms with Crippen LogP contribution in [0.1, 0.15) is 42.1 Å². The van der Waals surface area contributed by atoms with Crippen molar-refractivity contribution >= 4 is 34.9 Å². The van der Waals surface area contributed by atoms with Crippen LogP contribution in [-0.4, -0.2) is 30.9 Å². The first-order valence-electron chi connectivity index (χ1n) is 9.37. The van der Waals surface area contributed by atoms with Crippen molar-refractivity contribution in [2.45, 2.75) is 33.1 Å². The second-order valence-electron chi connectivity index (χ2n) is 6.42. The molecule has 0 radical (unpaired) electrons. The van der Waals surface area contributed by atoms with Crippen molar-refractivity contribution in [3.63, 3.8) is 0 Å². The van der Waals surface area contributed by atoms with E-state index in [2.05, 4.69) is 5.32 Å². The number of nitrogens with one attached hydrogen (secondary N) is 1. The maximum atomic E-state index is 12.2. The van der Waals surface area contributed by atoms with Gasteiger partial charge in [0, 0.05) is 22.7 Å². The van der Waals surface area contributed by atoms with Gasteiger partial charge in [0.1, 0.15) is 5.75 Å². The summed E-state index contributed by atoms with van der Waals surface area (Å²) in [4.78, 5) is 36.0. The quantitative estimate of drug-likeness (QED) is 0.452. The summed E-state index contributed by atoms with van der Waals surface area (Å²) >= 11 is 6.00. The Labute approximate surface area is 175 Å². The van der Waals surface area contributed by atoms with Gasteiger partial charge in [-0.2, -0.15) is 0 Å². The van der Waals surface area contributed by atoms with E-state index in [1.807, 2.05) is 6.92 Å². The van der Waals surface area contributed by atoms with Gasteiger partial charge in [-0.1, -0.05) is 24.6 Å². The molecule has 0 aliphatic carbocycles. The molecule has 7 heteroatoms. The van der Waals surface area contributed by atoms with E-state index in [0.29, 0.717) is 28.6 Å². The van der Waals surface area contributed by atoms with E-state index in [-0.39, 0.29) is 18.6 Å². The van der Waals surface area contributed by atoms with Crippen LogP contribution in [0.15, 0.2) is 42.5 Å². The van der Waals surface area contributed by atoms with Crippen molar-refractivity contribution in [3.05, 3.63) is 58.6 Å². The molecule has 2 aromatic carbocycles. The molecule has 0 fully saturated rings. The summed E-state index contributed by atoms with van der Waals surface area (Å²) in [6, 6.07) is 11.9. The number of Topliss-reactive ketones (excluding diaryl/α,β-unsaturated/α-hetero) is 1. The highest BCUT2D eigenvalue weighted by Gasteiger charge is 2.13. The van der Waals surface area contributed by atoms with Gasteiger partial charge >= 0.3 is 5.97 Å². The van der Waals surface area contributed by atoms with Gasteiger partial charge in [-0.15, -0.1) is 0 Å². The number of amides is 1. The standard InChI is InChI=1S/C22H24ClNO5/c1-3-13-28-17-9-7-16(8-10-17)20(25)11-12-22(27)29-14-21(26)24-19-6-4-5-18(23)15(19)2/h4-10H,3,11-14H2,1-2H3,(H,24,26). The van der Waals surface area contributed by atoms with Crippen molar-refractivity contribution in [1.29, 1.82) is 0 Å². The average Bonchev–Trinajstić information content (AvgIpc) is 2.72. The van der Waals surface area contributed by atoms with Crippen LogP contribution < -0.4 is 10.1 Å². The number of ketones is 1. The van der Waals surface area contributed by atoms with E-state index in [9.17, 15) is 14.4 Å². The van der Waals surface area contributed by atoms with Gasteiger partial charge in [0.2, 0.25) is 0 Å². The van der Waals surface area contributed by atoms with E-state index >= 15 is 0 Å². The number of hydrogen-bond donors (Lipinski definition) is 1. The minimum absolute atomic E-state index is 0.00299. The zero-order chi connectivity index (χ0) is 21.2. The number of rotatable bonds is 10. The minimum Gasteiger partial charge on any atom is -0.494 e. The van der Waals surface area contributed by atoms with Gasteiger partial charge in [-0.05, 0) is 55.3 Å². The Morgan fingerprint density at radius 3 is 2.45 bits per heavy atom. The largest absolute Gasteiger partial charge is 0.494 e. The number of carbonyl (C=O) groups excluding carboxylic acids is 3. The Balaban J connectivity index is 1.74. The van der Waals surface area contributed by atoms with Gasteiger partial charge in [-0.3, -0.25) is 14.4 Å². The van der Waals surface area contributed by atoms with Gasteiger partial charge in [-0.25, -0.2) is 0 Å². The molecule has 0 aromatic heterocycles. The van der Waals surface area contributed by atoms with Crippen LogP contribution in [0.4, 0.5) is 5.69 Å². The predicted octanol–water partition coefficient (Wildman–Crippen LogP) is 4.58. The SMILES string of the molecule is CCCOc1ccc(C(=O)CCC(=O)OCC(=O)Nc2cccc(Cl)c2C)cc1. The smallest absolute Gasteiger partial charge is 0.306 e. The van der Waals surface area contributed by atoms with E-state index in [4.69, 9.17) is 21.1 Å². The summed E-state index contributed by atoms with van der Waals surface area (Å²) in [5, 5.41) is 3.17. The van der Waals surface area contributed by atoms with Crippen LogP contribution in [-0.2, 0) is 14.3 Å². The number of esters is 1. The third-order valence-corrected chi connectivity index (χ3v) is 4.52. The number of hydrogen-bond acceptors (Lipinski definition) is 5. The molecule has 0 unspecified atom stereocenters. The lowest BCUT2D eigenvalue weighted by molar-refractivity contribution is -0.147. The van der Waals surface area contributed by atoms with E-state index in [0.717, 1.165) is 12.0 Å². The molecule has 0 heterocycles. The normalized spacial score (nSPS) is 10.3. The predicted molar refractivity (Wildman–Crippen MR) is 112 cm³/mol. The lowest BCUT2D eigenvalue weighted by Gasteiger charge is -2.10. The van der Waals surface area contributed by atoms with Crippen LogP contribution in [0.2, 0.25) is 5.02 Å². The number of carbonyl (C=O) groups is 3. The highest BCUT2D eigenvalue weighted by atomic mass is 35.5. The van der Waals surface area contributed by atoms with Crippen LogP contribution in [0.3, 0.4) is 0 Å². The molecule has 154 valence electrons. The fourth-order valence-electron chi connectivity index (χ4n) is 2.46. The number of benzene rings is 2. The van der Waals surface area contributed by atoms with Crippen LogP contribution in [0, 0.1) is 6.92 Å². The first kappa shape index (κ1) is 22.4. The monoisotopic (exact) mass is 417 g/mol. The lowest BCUT2D eigenvalue weighted by atomic mass is 10.1. The molecule has 2 aromatic rings. The molecule has 0 aliphatic rings. The van der Waals surface area contributed by atoms with Gasteiger partial charge in [0.05, 0.1) is 13.0 Å². The summed E-state index contributed by atoms with van der Waals surface area (Å²) in [6.07, 6.45) is 0.804. The maximum absolute atomic E-state index is 12.2. The molecular formula is C22H24ClNO5. The van der Waals surface area contributed by atoms with Crippen molar-refractivity contribution < 1.29 is 23.9 Å². The molecule has 29 heavy (non-hydrogen) atoms. The Bertz CT molecular complexity index is 864. The third kappa shape index (κ3) is 7.23. The second-order valence-corrected chi connectivity index (χ2v) is 6.82. The maximum Gasteiger partial charge on any atom is 0.306 e. The van der Waals surface area contributed by atoms with E-state index in [1.54, 1.807) is 49.4 Å². The Hall–Kier alpha value is -2.86. The molecule has 6 nitrogen and oxygen atoms in total. The van der Waals surface area contributed by atoms with Gasteiger partial charge < -0.3 is 14.8 Å². The third-order valence-electron chi connectivity index (χ3n) is 4.11. The zero-order valence-electron chi connectivity index (χ0n) is 16.5. The van der Waals surface area contributed by atoms with Crippen molar-refractivity contribution in [2.24, 2.45) is 0 Å². The highest BCUT2D eigenvalue weighted by Crippen LogP contribution is 2.22. The molecule has 2 rings (SSSR count). The Kier molecular flexibility index (Phi) is 8.68. The van der Waals surface area contributed by atoms with Crippen LogP contribution in [0.5, 0.6) is 5.75 Å². The molecule has 1 N–H and O–H groups in total. The van der Waals surface area contributed by atoms with E-state index < -0.39 is 18.5 Å². The average molecular weight is 418 g/mol. The van der Waals surface area contributed by atoms with Gasteiger partial charge in [0.15, 0.2) is 12.4 Å². The minimum atomic E-state index is -0.612. The van der Waals surface area contributed by atoms with Crippen molar-refractivity contribution in [2.75, 3.05) is 18.5 Å². The zero-order valence-corrected chi connectivity index (χ0v) is 17.3. The summed E-state index contributed by atoms with van der Waals surface area (Å²) in [7, 11) is 0. The van der Waals surface area contributed by atoms with Crippen LogP contribution >= 0.6 is 11.6 Å². The first-order chi connectivity index (χ1) is 13.9. The molecule has 1 amide bonds. The molecule has 0 atom stereocenters. The molecule has 0 spiro atoms. The Morgan fingerprint density at radius 2 is 1.76 bits per heavy atom. The number of ether oxygens (including phenoxy) is 2. The summed E-state index contributed by atoms with van der Waals surface area (Å²) < 4.78 is 10.4. The van der Waals surface area contributed by atoms with Crippen molar-refractivity contribution in [3.8, 4) is 5.75 Å². The van der Waals surface area contributed by atoms with Crippen molar-refractivity contribution in [1.82, 2.24) is 0 Å². The summed E-state index contributed by atoms with van der Waals surface area (Å²) in [6.45, 7) is 3.98. The lowest BCUT2D eigenvalue weighted by Crippen LogP contribution is -2.21. The fraction of sp³-hybridized carbons (Fsp3) is 0.318. The first-order valence-corrected chi connectivity index (χ1v) is 9.75. The Morgan fingerprint density at radius 1 is 1.03 bits per heavy atom. The molecule has 0 bridgehead atoms. The molecular weight excluding hydrogens is 394 g/mol. The summed E-state index contributed by atoms with van der Waals surface area (Å²) in [5.41, 5.74) is 1.78. The van der Waals surface area contributed by atoms with Gasteiger partial charge in [0.25, 0.3) is 5.91 Å². The topological polar surface area (TPSA) is 81.7 Å². The highest BCUT2D eigenvalue weighted by molar-refractivity contribution is 6.31. The molecule has 0 saturated carbocycles. The fourth-order valence-corrected chi connectivity index (χ4v) is 2.64. The summed E-state index contributed by atoms with van der Waals surface area (Å²) in [5.74, 6) is -0.566. The number of anilines is 1. The second kappa shape index (κ2) is 11.2. The molecule has 0 aliphatic heterocycles. The van der Waals surface area contributed by atoms with E-state index in [1.165, 1.54) is 0 Å².